The summed E-state index contributed by atoms with van der Waals surface area (Å²) >= 11 is 1.45. The minimum Gasteiger partial charge on any atom is -0.301 e. The summed E-state index contributed by atoms with van der Waals surface area (Å²) in [7, 11) is 0. The molecule has 0 saturated carbocycles. The van der Waals surface area contributed by atoms with Gasteiger partial charge in [0.1, 0.15) is 0 Å². The Labute approximate surface area is 99.7 Å². The topological polar surface area (TPSA) is 45.2 Å². The maximum atomic E-state index is 11.7. The fraction of sp³-hybridized carbons (Fsp3) is 0.636. The van der Waals surface area contributed by atoms with Crippen molar-refractivity contribution in [1.29, 1.82) is 0 Å². The molecule has 0 spiro atoms. The van der Waals surface area contributed by atoms with Gasteiger partial charge >= 0.3 is 0 Å². The third-order valence-corrected chi connectivity index (χ3v) is 3.48. The second-order valence-corrected chi connectivity index (χ2v) is 5.26. The van der Waals surface area contributed by atoms with Crippen molar-refractivity contribution in [2.75, 3.05) is 25.0 Å². The van der Waals surface area contributed by atoms with Crippen molar-refractivity contribution < 1.29 is 4.79 Å². The molecule has 1 aliphatic rings. The van der Waals surface area contributed by atoms with Gasteiger partial charge in [0.2, 0.25) is 5.91 Å². The number of carbonyl (C=O) groups excluding carboxylic acids is 1. The molecule has 1 fully saturated rings. The summed E-state index contributed by atoms with van der Waals surface area (Å²) in [5, 5.41) is 5.36. The Morgan fingerprint density at radius 2 is 2.62 bits per heavy atom. The molecule has 1 aromatic rings. The van der Waals surface area contributed by atoms with E-state index < -0.39 is 0 Å². The highest BCUT2D eigenvalue weighted by atomic mass is 32.1. The number of nitrogens with zero attached hydrogens (tertiary/aromatic N) is 2. The smallest absolute Gasteiger partial charge is 0.240 e. The molecule has 16 heavy (non-hydrogen) atoms. The monoisotopic (exact) mass is 239 g/mol. The number of nitrogens with one attached hydrogen (secondary N) is 1. The van der Waals surface area contributed by atoms with Crippen LogP contribution in [0.15, 0.2) is 11.6 Å². The lowest BCUT2D eigenvalue weighted by atomic mass is 10.0. The molecular formula is C11H17N3OS. The number of carbonyl (C=O) groups is 1. The number of likely N-dealkylation sites (tertiary alicyclic amines) is 1. The molecule has 1 N–H and O–H groups in total. The van der Waals surface area contributed by atoms with Crippen LogP contribution in [0.2, 0.25) is 0 Å². The largest absolute Gasteiger partial charge is 0.301 e. The molecular weight excluding hydrogens is 222 g/mol. The fourth-order valence-electron chi connectivity index (χ4n) is 2.08. The number of thiazole rings is 1. The Balaban J connectivity index is 1.78. The minimum atomic E-state index is 0.0454. The van der Waals surface area contributed by atoms with Gasteiger partial charge in [0.15, 0.2) is 5.13 Å². The van der Waals surface area contributed by atoms with Crippen molar-refractivity contribution in [1.82, 2.24) is 9.88 Å². The van der Waals surface area contributed by atoms with Crippen LogP contribution in [0.1, 0.15) is 19.8 Å². The zero-order chi connectivity index (χ0) is 11.4. The molecule has 0 radical (unpaired) electrons. The lowest BCUT2D eigenvalue weighted by Gasteiger charge is -2.29. The van der Waals surface area contributed by atoms with Crippen LogP contribution >= 0.6 is 11.3 Å². The Bertz CT molecular complexity index is 339. The molecule has 0 bridgehead atoms. The summed E-state index contributed by atoms with van der Waals surface area (Å²) in [5.41, 5.74) is 0. The summed E-state index contributed by atoms with van der Waals surface area (Å²) < 4.78 is 0. The Hall–Kier alpha value is -0.940. The fourth-order valence-corrected chi connectivity index (χ4v) is 2.62. The van der Waals surface area contributed by atoms with E-state index in [0.717, 1.165) is 13.1 Å². The highest BCUT2D eigenvalue weighted by molar-refractivity contribution is 7.13. The predicted molar refractivity (Wildman–Crippen MR) is 65.6 cm³/mol. The van der Waals surface area contributed by atoms with E-state index in [0.29, 0.717) is 17.6 Å². The minimum absolute atomic E-state index is 0.0454. The van der Waals surface area contributed by atoms with Crippen molar-refractivity contribution in [2.24, 2.45) is 5.92 Å². The van der Waals surface area contributed by atoms with E-state index in [9.17, 15) is 4.79 Å². The van der Waals surface area contributed by atoms with Crippen LogP contribution in [-0.4, -0.2) is 35.4 Å². The molecule has 1 amide bonds. The van der Waals surface area contributed by atoms with Crippen LogP contribution in [0.5, 0.6) is 0 Å². The molecule has 1 aliphatic heterocycles. The van der Waals surface area contributed by atoms with Crippen LogP contribution in [0.4, 0.5) is 5.13 Å². The highest BCUT2D eigenvalue weighted by Gasteiger charge is 2.18. The number of rotatable bonds is 3. The summed E-state index contributed by atoms with van der Waals surface area (Å²) in [4.78, 5) is 18.0. The maximum absolute atomic E-state index is 11.7. The summed E-state index contributed by atoms with van der Waals surface area (Å²) in [5.74, 6) is 0.755. The third-order valence-electron chi connectivity index (χ3n) is 2.79. The second-order valence-electron chi connectivity index (χ2n) is 4.37. The first-order valence-corrected chi connectivity index (χ1v) is 6.53. The SMILES string of the molecule is CC1CCCN(CC(=O)Nc2nccs2)C1. The molecule has 1 unspecified atom stereocenters. The average molecular weight is 239 g/mol. The quantitative estimate of drug-likeness (QED) is 0.875. The standard InChI is InChI=1S/C11H17N3OS/c1-9-3-2-5-14(7-9)8-10(15)13-11-12-4-6-16-11/h4,6,9H,2-3,5,7-8H2,1H3,(H,12,13,15). The first-order valence-electron chi connectivity index (χ1n) is 5.66. The van der Waals surface area contributed by atoms with Gasteiger partial charge in [0, 0.05) is 18.1 Å². The number of hydrogen-bond acceptors (Lipinski definition) is 4. The Morgan fingerprint density at radius 3 is 3.31 bits per heavy atom. The van der Waals surface area contributed by atoms with Gasteiger partial charge in [0.05, 0.1) is 6.54 Å². The number of anilines is 1. The predicted octanol–water partition coefficient (Wildman–Crippen LogP) is 1.81. The van der Waals surface area contributed by atoms with Crippen molar-refractivity contribution >= 4 is 22.4 Å². The van der Waals surface area contributed by atoms with E-state index >= 15 is 0 Å². The van der Waals surface area contributed by atoms with Gasteiger partial charge in [-0.1, -0.05) is 6.92 Å². The van der Waals surface area contributed by atoms with Crippen LogP contribution in [0.25, 0.3) is 0 Å². The number of hydrogen-bond donors (Lipinski definition) is 1. The normalized spacial score (nSPS) is 21.9. The zero-order valence-electron chi connectivity index (χ0n) is 9.48. The van der Waals surface area contributed by atoms with Gasteiger partial charge in [-0.15, -0.1) is 11.3 Å². The Morgan fingerprint density at radius 1 is 1.75 bits per heavy atom. The highest BCUT2D eigenvalue weighted by Crippen LogP contribution is 2.15. The van der Waals surface area contributed by atoms with Crippen LogP contribution in [0, 0.1) is 5.92 Å². The van der Waals surface area contributed by atoms with E-state index in [4.69, 9.17) is 0 Å². The van der Waals surface area contributed by atoms with Gasteiger partial charge in [-0.25, -0.2) is 4.98 Å². The summed E-state index contributed by atoms with van der Waals surface area (Å²) in [6.45, 7) is 4.80. The van der Waals surface area contributed by atoms with E-state index in [2.05, 4.69) is 22.1 Å². The zero-order valence-corrected chi connectivity index (χ0v) is 10.3. The van der Waals surface area contributed by atoms with E-state index in [1.54, 1.807) is 6.20 Å². The average Bonchev–Trinajstić information content (AvgIpc) is 2.70. The summed E-state index contributed by atoms with van der Waals surface area (Å²) in [6, 6.07) is 0. The van der Waals surface area contributed by atoms with E-state index in [-0.39, 0.29) is 5.91 Å². The maximum Gasteiger partial charge on any atom is 0.240 e. The van der Waals surface area contributed by atoms with Crippen LogP contribution in [0.3, 0.4) is 0 Å². The lowest BCUT2D eigenvalue weighted by Crippen LogP contribution is -2.39. The number of aromatic nitrogens is 1. The van der Waals surface area contributed by atoms with Crippen LogP contribution in [-0.2, 0) is 4.79 Å². The molecule has 2 rings (SSSR count). The second kappa shape index (κ2) is 5.41. The molecule has 2 heterocycles. The van der Waals surface area contributed by atoms with Crippen molar-refractivity contribution in [3.8, 4) is 0 Å². The van der Waals surface area contributed by atoms with Gasteiger partial charge < -0.3 is 5.32 Å². The molecule has 5 heteroatoms. The van der Waals surface area contributed by atoms with Gasteiger partial charge in [-0.3, -0.25) is 9.69 Å². The van der Waals surface area contributed by atoms with Gasteiger partial charge in [0.25, 0.3) is 0 Å². The van der Waals surface area contributed by atoms with Gasteiger partial charge in [-0.2, -0.15) is 0 Å². The Kier molecular flexibility index (Phi) is 3.90. The van der Waals surface area contributed by atoms with E-state index in [1.165, 1.54) is 24.2 Å². The van der Waals surface area contributed by atoms with Gasteiger partial charge in [-0.05, 0) is 25.3 Å². The molecule has 88 valence electrons. The first-order chi connectivity index (χ1) is 7.74. The number of piperidine rings is 1. The third kappa shape index (κ3) is 3.28. The lowest BCUT2D eigenvalue weighted by molar-refractivity contribution is -0.117. The number of amides is 1. The molecule has 1 saturated heterocycles. The van der Waals surface area contributed by atoms with Crippen molar-refractivity contribution in [3.63, 3.8) is 0 Å². The van der Waals surface area contributed by atoms with E-state index in [1.807, 2.05) is 5.38 Å². The molecule has 4 nitrogen and oxygen atoms in total. The molecule has 0 aliphatic carbocycles. The van der Waals surface area contributed by atoms with Crippen molar-refractivity contribution in [2.45, 2.75) is 19.8 Å². The molecule has 1 atom stereocenters. The molecule has 1 aromatic heterocycles. The summed E-state index contributed by atoms with van der Waals surface area (Å²) in [6.07, 6.45) is 4.18. The molecule has 0 aromatic carbocycles. The van der Waals surface area contributed by atoms with Crippen molar-refractivity contribution in [3.05, 3.63) is 11.6 Å². The van der Waals surface area contributed by atoms with Crippen LogP contribution < -0.4 is 5.32 Å². The first kappa shape index (κ1) is 11.5.